The van der Waals surface area contributed by atoms with E-state index >= 15 is 0 Å². The molecule has 4 fully saturated rings. The molecule has 0 aliphatic heterocycles. The Balaban J connectivity index is 2.00. The summed E-state index contributed by atoms with van der Waals surface area (Å²) in [5.74, 6) is 0.924. The van der Waals surface area contributed by atoms with Gasteiger partial charge in [0, 0.05) is 0 Å². The van der Waals surface area contributed by atoms with Crippen LogP contribution in [-0.4, -0.2) is 11.1 Å². The highest BCUT2D eigenvalue weighted by Gasteiger charge is 2.58. The van der Waals surface area contributed by atoms with E-state index in [0.717, 1.165) is 31.1 Å². The minimum Gasteiger partial charge on any atom is -0.481 e. The van der Waals surface area contributed by atoms with E-state index < -0.39 is 5.97 Å². The van der Waals surface area contributed by atoms with Gasteiger partial charge in [-0.05, 0) is 55.8 Å². The number of rotatable bonds is 1. The Morgan fingerprint density at radius 2 is 1.79 bits per heavy atom. The monoisotopic (exact) mass is 194 g/mol. The average Bonchev–Trinajstić information content (AvgIpc) is 1.98. The van der Waals surface area contributed by atoms with E-state index in [2.05, 4.69) is 6.92 Å². The van der Waals surface area contributed by atoms with Gasteiger partial charge in [-0.1, -0.05) is 6.92 Å². The molecule has 1 N–H and O–H groups in total. The molecule has 14 heavy (non-hydrogen) atoms. The van der Waals surface area contributed by atoms with Crippen LogP contribution < -0.4 is 0 Å². The average molecular weight is 194 g/mol. The Bertz CT molecular complexity index is 281. The van der Waals surface area contributed by atoms with Gasteiger partial charge >= 0.3 is 5.97 Å². The fourth-order valence-corrected chi connectivity index (χ4v) is 4.97. The van der Waals surface area contributed by atoms with Gasteiger partial charge in [-0.2, -0.15) is 0 Å². The van der Waals surface area contributed by atoms with Crippen molar-refractivity contribution in [2.45, 2.75) is 45.4 Å². The van der Waals surface area contributed by atoms with Gasteiger partial charge in [0.05, 0.1) is 5.41 Å². The maximum absolute atomic E-state index is 11.4. The van der Waals surface area contributed by atoms with Crippen LogP contribution in [0.5, 0.6) is 0 Å². The second-order valence-corrected chi connectivity index (χ2v) is 6.36. The van der Waals surface area contributed by atoms with Crippen molar-refractivity contribution in [2.24, 2.45) is 22.7 Å². The zero-order valence-corrected chi connectivity index (χ0v) is 8.75. The highest BCUT2D eigenvalue weighted by atomic mass is 16.4. The first-order chi connectivity index (χ1) is 6.51. The topological polar surface area (TPSA) is 37.3 Å². The van der Waals surface area contributed by atoms with Crippen LogP contribution in [0.2, 0.25) is 0 Å². The third-order valence-corrected chi connectivity index (χ3v) is 4.81. The first-order valence-electron chi connectivity index (χ1n) is 5.75. The number of carboxylic acids is 1. The molecule has 2 nitrogen and oxygen atoms in total. The second-order valence-electron chi connectivity index (χ2n) is 6.36. The lowest BCUT2D eigenvalue weighted by atomic mass is 9.45. The number of hydrogen-bond donors (Lipinski definition) is 1. The summed E-state index contributed by atoms with van der Waals surface area (Å²) in [6.07, 6.45) is 6.77. The van der Waals surface area contributed by atoms with Crippen molar-refractivity contribution in [1.29, 1.82) is 0 Å². The first kappa shape index (κ1) is 8.75. The highest BCUT2D eigenvalue weighted by Crippen LogP contribution is 2.65. The molecule has 4 bridgehead atoms. The fraction of sp³-hybridized carbons (Fsp3) is 0.917. The molecule has 4 aliphatic rings. The molecule has 0 spiro atoms. The van der Waals surface area contributed by atoms with Crippen molar-refractivity contribution in [3.05, 3.63) is 0 Å². The summed E-state index contributed by atoms with van der Waals surface area (Å²) in [7, 11) is 0. The number of carbonyl (C=O) groups is 1. The minimum absolute atomic E-state index is 0.321. The Morgan fingerprint density at radius 1 is 1.21 bits per heavy atom. The number of aliphatic carboxylic acids is 1. The van der Waals surface area contributed by atoms with Crippen molar-refractivity contribution < 1.29 is 9.90 Å². The Hall–Kier alpha value is -0.530. The van der Waals surface area contributed by atoms with E-state index in [4.69, 9.17) is 0 Å². The Kier molecular flexibility index (Phi) is 1.46. The molecule has 2 heteroatoms. The van der Waals surface area contributed by atoms with Crippen LogP contribution in [0.25, 0.3) is 0 Å². The lowest BCUT2D eigenvalue weighted by Gasteiger charge is -2.59. The van der Waals surface area contributed by atoms with E-state index in [9.17, 15) is 9.90 Å². The van der Waals surface area contributed by atoms with Crippen LogP contribution in [0.4, 0.5) is 0 Å². The van der Waals surface area contributed by atoms with Crippen LogP contribution in [0.1, 0.15) is 45.4 Å². The molecule has 0 aromatic heterocycles. The van der Waals surface area contributed by atoms with E-state index in [0.29, 0.717) is 5.41 Å². The largest absolute Gasteiger partial charge is 0.481 e. The van der Waals surface area contributed by atoms with Gasteiger partial charge in [0.25, 0.3) is 0 Å². The van der Waals surface area contributed by atoms with Gasteiger partial charge in [0.2, 0.25) is 0 Å². The fourth-order valence-electron chi connectivity index (χ4n) is 4.97. The van der Waals surface area contributed by atoms with Crippen LogP contribution in [0, 0.1) is 22.7 Å². The third-order valence-electron chi connectivity index (χ3n) is 4.81. The standard InChI is InChI=1S/C12H18O2/c1-11-3-8-2-9(4-11)6-12(5-8,7-11)10(13)14/h8-9H,2-7H2,1H3,(H,13,14)/t8-,9-,11?,12?/m1/s1. The van der Waals surface area contributed by atoms with Gasteiger partial charge in [0.1, 0.15) is 0 Å². The van der Waals surface area contributed by atoms with E-state index in [1.54, 1.807) is 0 Å². The molecule has 78 valence electrons. The molecule has 0 aromatic carbocycles. The molecule has 0 heterocycles. The van der Waals surface area contributed by atoms with Crippen molar-refractivity contribution >= 4 is 5.97 Å². The molecule has 4 aliphatic carbocycles. The van der Waals surface area contributed by atoms with Gasteiger partial charge in [-0.25, -0.2) is 0 Å². The predicted molar refractivity (Wildman–Crippen MR) is 52.9 cm³/mol. The molecule has 0 aromatic rings. The third kappa shape index (κ3) is 0.999. The zero-order valence-electron chi connectivity index (χ0n) is 8.75. The van der Waals surface area contributed by atoms with Crippen molar-refractivity contribution in [3.8, 4) is 0 Å². The van der Waals surface area contributed by atoms with Crippen molar-refractivity contribution in [2.75, 3.05) is 0 Å². The van der Waals surface area contributed by atoms with E-state index in [-0.39, 0.29) is 5.41 Å². The summed E-state index contributed by atoms with van der Waals surface area (Å²) in [4.78, 5) is 11.4. The van der Waals surface area contributed by atoms with Crippen molar-refractivity contribution in [3.63, 3.8) is 0 Å². The quantitative estimate of drug-likeness (QED) is 0.696. The second kappa shape index (κ2) is 2.34. The molecule has 4 rings (SSSR count). The summed E-state index contributed by atoms with van der Waals surface area (Å²) in [5.41, 5.74) is 0.0430. The lowest BCUT2D eigenvalue weighted by Crippen LogP contribution is -2.53. The Morgan fingerprint density at radius 3 is 2.21 bits per heavy atom. The molecule has 0 radical (unpaired) electrons. The van der Waals surface area contributed by atoms with Gasteiger partial charge < -0.3 is 5.11 Å². The predicted octanol–water partition coefficient (Wildman–Crippen LogP) is 2.68. The molecular weight excluding hydrogens is 176 g/mol. The minimum atomic E-state index is -0.516. The van der Waals surface area contributed by atoms with Crippen LogP contribution in [-0.2, 0) is 4.79 Å². The molecule has 2 atom stereocenters. The normalized spacial score (nSPS) is 54.9. The van der Waals surface area contributed by atoms with Crippen molar-refractivity contribution in [1.82, 2.24) is 0 Å². The van der Waals surface area contributed by atoms with Gasteiger partial charge in [-0.3, -0.25) is 4.79 Å². The molecule has 0 unspecified atom stereocenters. The van der Waals surface area contributed by atoms with Crippen LogP contribution >= 0.6 is 0 Å². The molecule has 0 saturated heterocycles. The van der Waals surface area contributed by atoms with Crippen LogP contribution in [0.3, 0.4) is 0 Å². The smallest absolute Gasteiger partial charge is 0.309 e. The maximum Gasteiger partial charge on any atom is 0.309 e. The summed E-state index contributed by atoms with van der Waals surface area (Å²) < 4.78 is 0. The SMILES string of the molecule is CC12C[C@H]3C[C@H](C1)CC(C(=O)O)(C3)C2. The van der Waals surface area contributed by atoms with Crippen LogP contribution in [0.15, 0.2) is 0 Å². The first-order valence-corrected chi connectivity index (χ1v) is 5.75. The molecule has 4 saturated carbocycles. The van der Waals surface area contributed by atoms with Gasteiger partial charge in [-0.15, -0.1) is 0 Å². The number of hydrogen-bond acceptors (Lipinski definition) is 1. The summed E-state index contributed by atoms with van der Waals surface area (Å²) >= 11 is 0. The Labute approximate surface area is 84.7 Å². The summed E-state index contributed by atoms with van der Waals surface area (Å²) in [6.45, 7) is 2.31. The summed E-state index contributed by atoms with van der Waals surface area (Å²) in [5, 5.41) is 9.39. The number of carboxylic acid groups (broad SMARTS) is 1. The van der Waals surface area contributed by atoms with E-state index in [1.807, 2.05) is 0 Å². The molecular formula is C12H18O2. The highest BCUT2D eigenvalue weighted by molar-refractivity contribution is 5.75. The summed E-state index contributed by atoms with van der Waals surface area (Å²) in [6, 6.07) is 0. The zero-order chi connectivity index (χ0) is 9.97. The van der Waals surface area contributed by atoms with E-state index in [1.165, 1.54) is 19.3 Å². The lowest BCUT2D eigenvalue weighted by molar-refractivity contribution is -0.172. The van der Waals surface area contributed by atoms with Gasteiger partial charge in [0.15, 0.2) is 0 Å². The molecule has 0 amide bonds. The maximum atomic E-state index is 11.4.